The summed E-state index contributed by atoms with van der Waals surface area (Å²) in [5.41, 5.74) is 18.4. The molecule has 6 nitrogen and oxygen atoms in total. The van der Waals surface area contributed by atoms with Crippen molar-refractivity contribution in [1.82, 2.24) is 30.4 Å². The first-order valence-corrected chi connectivity index (χ1v) is 18.6. The fourth-order valence-corrected chi connectivity index (χ4v) is 9.15. The van der Waals surface area contributed by atoms with Gasteiger partial charge in [0.05, 0.1) is 23.4 Å². The van der Waals surface area contributed by atoms with Crippen LogP contribution in [-0.4, -0.2) is 46.9 Å². The molecule has 2 N–H and O–H groups in total. The number of hydrogen-bond donors (Lipinski definition) is 2. The SMILES string of the molecule is CNCC1c2ccccc2-c2ccc(Cc3ccc4c5ccc(Cc6ccc7c(c6)C(CNC)c6ccccc6-7)cc5n(-c5nccnn5)c4c3)cc21. The number of aromatic nitrogens is 4. The maximum atomic E-state index is 4.70. The van der Waals surface area contributed by atoms with E-state index in [0.29, 0.717) is 17.8 Å². The Morgan fingerprint density at radius 3 is 1.47 bits per heavy atom. The summed E-state index contributed by atoms with van der Waals surface area (Å²) in [5.74, 6) is 1.30. The molecular weight excluding hydrogens is 649 g/mol. The number of benzene rings is 6. The van der Waals surface area contributed by atoms with Gasteiger partial charge in [0.1, 0.15) is 0 Å². The minimum Gasteiger partial charge on any atom is -0.319 e. The van der Waals surface area contributed by atoms with Crippen LogP contribution in [-0.2, 0) is 12.8 Å². The molecule has 53 heavy (non-hydrogen) atoms. The van der Waals surface area contributed by atoms with Crippen LogP contribution in [0.15, 0.2) is 134 Å². The van der Waals surface area contributed by atoms with Crippen molar-refractivity contribution in [2.45, 2.75) is 24.7 Å². The summed E-state index contributed by atoms with van der Waals surface area (Å²) in [5, 5.41) is 18.0. The van der Waals surface area contributed by atoms with Gasteiger partial charge in [0.25, 0.3) is 5.95 Å². The molecule has 0 bridgehead atoms. The van der Waals surface area contributed by atoms with Crippen molar-refractivity contribution in [3.05, 3.63) is 178 Å². The summed E-state index contributed by atoms with van der Waals surface area (Å²) >= 11 is 0. The molecule has 0 aliphatic heterocycles. The van der Waals surface area contributed by atoms with Crippen molar-refractivity contribution in [1.29, 1.82) is 0 Å². The summed E-state index contributed by atoms with van der Waals surface area (Å²) in [6.45, 7) is 1.84. The van der Waals surface area contributed by atoms with E-state index in [2.05, 4.69) is 147 Å². The van der Waals surface area contributed by atoms with E-state index in [1.807, 2.05) is 14.1 Å². The Morgan fingerprint density at radius 1 is 0.509 bits per heavy atom. The number of hydrogen-bond acceptors (Lipinski definition) is 5. The van der Waals surface area contributed by atoms with Crippen LogP contribution in [0.25, 0.3) is 50.0 Å². The van der Waals surface area contributed by atoms with Crippen LogP contribution in [0.3, 0.4) is 0 Å². The molecule has 6 aromatic carbocycles. The smallest absolute Gasteiger partial charge is 0.254 e. The highest BCUT2D eigenvalue weighted by Gasteiger charge is 2.29. The van der Waals surface area contributed by atoms with Gasteiger partial charge in [-0.1, -0.05) is 109 Å². The first-order valence-electron chi connectivity index (χ1n) is 18.6. The Bertz CT molecular complexity index is 2510. The zero-order chi connectivity index (χ0) is 35.5. The minimum absolute atomic E-state index is 0.357. The van der Waals surface area contributed by atoms with Gasteiger partial charge >= 0.3 is 0 Å². The lowest BCUT2D eigenvalue weighted by molar-refractivity contribution is 0.719. The molecule has 0 saturated carbocycles. The van der Waals surface area contributed by atoms with Crippen molar-refractivity contribution in [2.75, 3.05) is 27.2 Å². The summed E-state index contributed by atoms with van der Waals surface area (Å²) < 4.78 is 2.19. The van der Waals surface area contributed by atoms with Gasteiger partial charge < -0.3 is 10.6 Å². The molecular formula is C47H40N6. The molecule has 258 valence electrons. The topological polar surface area (TPSA) is 67.7 Å². The number of fused-ring (bicyclic) bond motifs is 9. The van der Waals surface area contributed by atoms with Crippen molar-refractivity contribution in [3.8, 4) is 28.2 Å². The van der Waals surface area contributed by atoms with Crippen LogP contribution < -0.4 is 10.6 Å². The number of nitrogens with one attached hydrogen (secondary N) is 2. The van der Waals surface area contributed by atoms with E-state index >= 15 is 0 Å². The monoisotopic (exact) mass is 688 g/mol. The molecule has 8 aromatic rings. The lowest BCUT2D eigenvalue weighted by atomic mass is 9.93. The first kappa shape index (κ1) is 31.8. The first-order chi connectivity index (χ1) is 26.2. The molecule has 2 aliphatic carbocycles. The minimum atomic E-state index is 0.357. The van der Waals surface area contributed by atoms with Gasteiger partial charge in [0.2, 0.25) is 0 Å². The van der Waals surface area contributed by atoms with Crippen LogP contribution in [0.4, 0.5) is 0 Å². The second kappa shape index (κ2) is 12.9. The van der Waals surface area contributed by atoms with Crippen molar-refractivity contribution in [2.24, 2.45) is 0 Å². The highest BCUT2D eigenvalue weighted by molar-refractivity contribution is 6.09. The number of likely N-dealkylation sites (N-methyl/N-ethyl adjacent to an activating group) is 2. The van der Waals surface area contributed by atoms with Gasteiger partial charge in [-0.3, -0.25) is 4.57 Å². The highest BCUT2D eigenvalue weighted by atomic mass is 15.3. The Hall–Kier alpha value is -5.95. The molecule has 10 rings (SSSR count). The molecule has 0 spiro atoms. The maximum Gasteiger partial charge on any atom is 0.254 e. The van der Waals surface area contributed by atoms with E-state index in [4.69, 9.17) is 4.98 Å². The fourth-order valence-electron chi connectivity index (χ4n) is 9.15. The zero-order valence-corrected chi connectivity index (χ0v) is 30.0. The van der Waals surface area contributed by atoms with E-state index in [1.54, 1.807) is 12.4 Å². The third-order valence-corrected chi connectivity index (χ3v) is 11.4. The van der Waals surface area contributed by atoms with Crippen LogP contribution in [0.2, 0.25) is 0 Å². The number of nitrogens with zero attached hydrogens (tertiary/aromatic N) is 4. The third kappa shape index (κ3) is 5.28. The lowest BCUT2D eigenvalue weighted by Gasteiger charge is -2.14. The normalized spacial score (nSPS) is 15.4. The van der Waals surface area contributed by atoms with Crippen LogP contribution >= 0.6 is 0 Å². The molecule has 2 heterocycles. The van der Waals surface area contributed by atoms with Crippen molar-refractivity contribution in [3.63, 3.8) is 0 Å². The van der Waals surface area contributed by atoms with Gasteiger partial charge in [-0.05, 0) is 106 Å². The maximum absolute atomic E-state index is 4.70. The van der Waals surface area contributed by atoms with E-state index in [0.717, 1.165) is 37.0 Å². The Morgan fingerprint density at radius 2 is 0.981 bits per heavy atom. The second-order valence-electron chi connectivity index (χ2n) is 14.6. The molecule has 0 radical (unpaired) electrons. The Kier molecular flexibility index (Phi) is 7.74. The average Bonchev–Trinajstić information content (AvgIpc) is 3.80. The van der Waals surface area contributed by atoms with Gasteiger partial charge in [0.15, 0.2) is 0 Å². The van der Waals surface area contributed by atoms with Gasteiger partial charge in [-0.25, -0.2) is 4.98 Å². The molecule has 2 aromatic heterocycles. The van der Waals surface area contributed by atoms with Crippen LogP contribution in [0.1, 0.15) is 56.3 Å². The highest BCUT2D eigenvalue weighted by Crippen LogP contribution is 2.46. The number of rotatable bonds is 9. The lowest BCUT2D eigenvalue weighted by Crippen LogP contribution is -2.16. The average molecular weight is 689 g/mol. The summed E-state index contributed by atoms with van der Waals surface area (Å²) in [7, 11) is 4.08. The van der Waals surface area contributed by atoms with E-state index in [-0.39, 0.29) is 0 Å². The van der Waals surface area contributed by atoms with E-state index in [9.17, 15) is 0 Å². The quantitative estimate of drug-likeness (QED) is 0.159. The second-order valence-corrected chi connectivity index (χ2v) is 14.6. The largest absolute Gasteiger partial charge is 0.319 e. The molecule has 2 unspecified atom stereocenters. The predicted molar refractivity (Wildman–Crippen MR) is 215 cm³/mol. The van der Waals surface area contributed by atoms with Gasteiger partial charge in [-0.15, -0.1) is 5.10 Å². The molecule has 0 fully saturated rings. The van der Waals surface area contributed by atoms with Gasteiger partial charge in [-0.2, -0.15) is 5.10 Å². The van der Waals surface area contributed by atoms with Gasteiger partial charge in [0, 0.05) is 35.7 Å². The zero-order valence-electron chi connectivity index (χ0n) is 30.0. The summed E-state index contributed by atoms with van der Waals surface area (Å²) in [6.07, 6.45) is 5.03. The standard InChI is InChI=1S/C47H40N6/c1-48-27-43-35-9-5-3-7-33(35)37-15-11-29(23-41(37)43)21-31-13-17-39-40-18-14-32(26-46(40)53(45(39)25-31)47-50-19-20-51-52-47)22-30-12-16-38-34-8-4-6-10-36(34)44(28-49-2)42(38)24-30/h3-20,23-26,43-44,48-49H,21-22,27-28H2,1-2H3. The molecule has 2 atom stereocenters. The molecule has 2 aliphatic rings. The van der Waals surface area contributed by atoms with E-state index in [1.165, 1.54) is 77.5 Å². The Labute approximate surface area is 309 Å². The molecule has 6 heteroatoms. The Balaban J connectivity index is 1.02. The van der Waals surface area contributed by atoms with E-state index < -0.39 is 0 Å². The van der Waals surface area contributed by atoms with Crippen LogP contribution in [0.5, 0.6) is 0 Å². The fraction of sp³-hybridized carbons (Fsp3) is 0.170. The predicted octanol–water partition coefficient (Wildman–Crippen LogP) is 8.81. The third-order valence-electron chi connectivity index (χ3n) is 11.4. The van der Waals surface area contributed by atoms with Crippen molar-refractivity contribution < 1.29 is 0 Å². The summed E-state index contributed by atoms with van der Waals surface area (Å²) in [4.78, 5) is 4.70. The van der Waals surface area contributed by atoms with Crippen LogP contribution in [0, 0.1) is 0 Å². The summed E-state index contributed by atoms with van der Waals surface area (Å²) in [6, 6.07) is 45.5. The molecule has 0 saturated heterocycles. The molecule has 0 amide bonds. The van der Waals surface area contributed by atoms with Crippen molar-refractivity contribution >= 4 is 21.8 Å².